The topological polar surface area (TPSA) is 30.7 Å². The van der Waals surface area contributed by atoms with Gasteiger partial charge in [0.05, 0.1) is 10.9 Å². The molecule has 20 heavy (non-hydrogen) atoms. The van der Waals surface area contributed by atoms with Crippen LogP contribution in [0.5, 0.6) is 0 Å². The van der Waals surface area contributed by atoms with Crippen molar-refractivity contribution in [1.82, 2.24) is 14.5 Å². The number of aromatic nitrogens is 3. The molecular formula is C15H19Cl2N3. The molecule has 108 valence electrons. The third kappa shape index (κ3) is 2.53. The maximum Gasteiger partial charge on any atom is 0.160 e. The zero-order valence-electron chi connectivity index (χ0n) is 11.9. The van der Waals surface area contributed by atoms with E-state index in [1.54, 1.807) is 6.20 Å². The van der Waals surface area contributed by atoms with Crippen LogP contribution in [0.1, 0.15) is 51.4 Å². The third-order valence-electron chi connectivity index (χ3n) is 4.23. The van der Waals surface area contributed by atoms with Crippen molar-refractivity contribution in [1.29, 1.82) is 0 Å². The third-order valence-corrected chi connectivity index (χ3v) is 4.68. The molecule has 1 fully saturated rings. The molecule has 5 heteroatoms. The van der Waals surface area contributed by atoms with Crippen molar-refractivity contribution in [2.75, 3.05) is 0 Å². The number of halogens is 2. The summed E-state index contributed by atoms with van der Waals surface area (Å²) >= 11 is 12.1. The van der Waals surface area contributed by atoms with Crippen molar-refractivity contribution < 1.29 is 0 Å². The van der Waals surface area contributed by atoms with Crippen LogP contribution >= 0.6 is 23.2 Å². The molecule has 2 aromatic heterocycles. The van der Waals surface area contributed by atoms with Gasteiger partial charge in [-0.25, -0.2) is 9.97 Å². The molecule has 1 aliphatic carbocycles. The molecule has 0 bridgehead atoms. The minimum Gasteiger partial charge on any atom is -0.309 e. The van der Waals surface area contributed by atoms with E-state index < -0.39 is 0 Å². The van der Waals surface area contributed by atoms with E-state index in [-0.39, 0.29) is 0 Å². The first-order chi connectivity index (χ1) is 9.50. The Kier molecular flexibility index (Phi) is 3.67. The van der Waals surface area contributed by atoms with Gasteiger partial charge in [0, 0.05) is 12.2 Å². The fraction of sp³-hybridized carbons (Fsp3) is 0.600. The van der Waals surface area contributed by atoms with Crippen LogP contribution in [0.4, 0.5) is 0 Å². The Morgan fingerprint density at radius 2 is 2.25 bits per heavy atom. The number of imidazole rings is 1. The van der Waals surface area contributed by atoms with Crippen LogP contribution in [0.3, 0.4) is 0 Å². The Labute approximate surface area is 129 Å². The van der Waals surface area contributed by atoms with Crippen molar-refractivity contribution in [3.8, 4) is 0 Å². The fourth-order valence-electron chi connectivity index (χ4n) is 3.36. The van der Waals surface area contributed by atoms with Crippen LogP contribution in [0.2, 0.25) is 5.02 Å². The molecule has 3 rings (SSSR count). The molecule has 1 saturated carbocycles. The minimum absolute atomic E-state index is 0.371. The van der Waals surface area contributed by atoms with Gasteiger partial charge in [-0.15, -0.1) is 11.6 Å². The van der Waals surface area contributed by atoms with E-state index in [1.807, 2.05) is 6.07 Å². The first-order valence-corrected chi connectivity index (χ1v) is 8.00. The summed E-state index contributed by atoms with van der Waals surface area (Å²) in [6.45, 7) is 4.67. The van der Waals surface area contributed by atoms with Crippen LogP contribution < -0.4 is 0 Å². The number of rotatable bonds is 2. The maximum absolute atomic E-state index is 6.09. The molecule has 0 saturated heterocycles. The van der Waals surface area contributed by atoms with Crippen LogP contribution in [0.25, 0.3) is 11.2 Å². The van der Waals surface area contributed by atoms with Crippen LogP contribution in [-0.4, -0.2) is 14.5 Å². The summed E-state index contributed by atoms with van der Waals surface area (Å²) < 4.78 is 2.24. The first kappa shape index (κ1) is 14.2. The Bertz CT molecular complexity index is 633. The van der Waals surface area contributed by atoms with Gasteiger partial charge in [0.2, 0.25) is 0 Å². The maximum atomic E-state index is 6.09. The molecule has 0 aromatic carbocycles. The Balaban J connectivity index is 2.09. The van der Waals surface area contributed by atoms with Crippen molar-refractivity contribution in [2.45, 2.75) is 51.5 Å². The first-order valence-electron chi connectivity index (χ1n) is 7.08. The zero-order valence-corrected chi connectivity index (χ0v) is 13.4. The Morgan fingerprint density at radius 3 is 2.95 bits per heavy atom. The summed E-state index contributed by atoms with van der Waals surface area (Å²) in [6, 6.07) is 2.30. The SMILES string of the molecule is CC1(C)CCCC(n2c(CCl)nc3cc(Cl)cnc32)C1. The number of nitrogens with zero attached hydrogens (tertiary/aromatic N) is 3. The van der Waals surface area contributed by atoms with Gasteiger partial charge in [0.15, 0.2) is 5.65 Å². The average molecular weight is 312 g/mol. The normalized spacial score (nSPS) is 22.3. The summed E-state index contributed by atoms with van der Waals surface area (Å²) in [7, 11) is 0. The van der Waals surface area contributed by atoms with E-state index in [9.17, 15) is 0 Å². The van der Waals surface area contributed by atoms with Gasteiger partial charge in [-0.05, 0) is 30.7 Å². The lowest BCUT2D eigenvalue weighted by Crippen LogP contribution is -2.26. The summed E-state index contributed by atoms with van der Waals surface area (Å²) in [6.07, 6.45) is 6.53. The number of alkyl halides is 1. The lowest BCUT2D eigenvalue weighted by atomic mass is 9.75. The van der Waals surface area contributed by atoms with Gasteiger partial charge in [0.1, 0.15) is 11.3 Å². The average Bonchev–Trinajstić information content (AvgIpc) is 2.74. The van der Waals surface area contributed by atoms with E-state index in [4.69, 9.17) is 23.2 Å². The lowest BCUT2D eigenvalue weighted by molar-refractivity contribution is 0.184. The molecule has 0 N–H and O–H groups in total. The number of hydrogen-bond donors (Lipinski definition) is 0. The van der Waals surface area contributed by atoms with Gasteiger partial charge in [-0.3, -0.25) is 0 Å². The number of hydrogen-bond acceptors (Lipinski definition) is 2. The summed E-state index contributed by atoms with van der Waals surface area (Å²) in [5.41, 5.74) is 2.12. The van der Waals surface area contributed by atoms with Gasteiger partial charge in [0.25, 0.3) is 0 Å². The van der Waals surface area contributed by atoms with E-state index in [2.05, 4.69) is 28.4 Å². The van der Waals surface area contributed by atoms with E-state index in [0.717, 1.165) is 23.4 Å². The smallest absolute Gasteiger partial charge is 0.160 e. The second kappa shape index (κ2) is 5.19. The largest absolute Gasteiger partial charge is 0.309 e. The van der Waals surface area contributed by atoms with E-state index >= 15 is 0 Å². The van der Waals surface area contributed by atoms with Crippen molar-refractivity contribution in [2.24, 2.45) is 5.41 Å². The van der Waals surface area contributed by atoms with Crippen LogP contribution in [0.15, 0.2) is 12.3 Å². The molecule has 1 unspecified atom stereocenters. The molecule has 0 spiro atoms. The van der Waals surface area contributed by atoms with Gasteiger partial charge >= 0.3 is 0 Å². The quantitative estimate of drug-likeness (QED) is 0.733. The van der Waals surface area contributed by atoms with Crippen LogP contribution in [-0.2, 0) is 5.88 Å². The van der Waals surface area contributed by atoms with E-state index in [0.29, 0.717) is 22.4 Å². The number of fused-ring (bicyclic) bond motifs is 1. The minimum atomic E-state index is 0.371. The highest BCUT2D eigenvalue weighted by Gasteiger charge is 2.31. The Morgan fingerprint density at radius 1 is 1.45 bits per heavy atom. The highest BCUT2D eigenvalue weighted by Crippen LogP contribution is 2.42. The molecular weight excluding hydrogens is 293 g/mol. The highest BCUT2D eigenvalue weighted by molar-refractivity contribution is 6.31. The second-order valence-electron chi connectivity index (χ2n) is 6.44. The molecule has 0 amide bonds. The fourth-order valence-corrected chi connectivity index (χ4v) is 3.70. The van der Waals surface area contributed by atoms with Crippen molar-refractivity contribution >= 4 is 34.4 Å². The van der Waals surface area contributed by atoms with Crippen molar-refractivity contribution in [3.05, 3.63) is 23.1 Å². The van der Waals surface area contributed by atoms with Gasteiger partial charge in [-0.1, -0.05) is 31.9 Å². The molecule has 1 aliphatic rings. The van der Waals surface area contributed by atoms with Gasteiger partial charge < -0.3 is 4.57 Å². The second-order valence-corrected chi connectivity index (χ2v) is 7.15. The molecule has 1 atom stereocenters. The standard InChI is InChI=1S/C15H19Cl2N3/c1-15(2)5-3-4-11(7-15)20-13(8-16)19-12-6-10(17)9-18-14(12)20/h6,9,11H,3-5,7-8H2,1-2H3. The molecule has 3 nitrogen and oxygen atoms in total. The summed E-state index contributed by atoms with van der Waals surface area (Å²) in [5.74, 6) is 1.31. The molecule has 0 radical (unpaired) electrons. The molecule has 2 aromatic rings. The summed E-state index contributed by atoms with van der Waals surface area (Å²) in [4.78, 5) is 9.08. The predicted octanol–water partition coefficient (Wildman–Crippen LogP) is 4.96. The predicted molar refractivity (Wildman–Crippen MR) is 83.4 cm³/mol. The molecule has 2 heterocycles. The van der Waals surface area contributed by atoms with Crippen molar-refractivity contribution in [3.63, 3.8) is 0 Å². The van der Waals surface area contributed by atoms with Gasteiger partial charge in [-0.2, -0.15) is 0 Å². The summed E-state index contributed by atoms with van der Waals surface area (Å²) in [5, 5.41) is 0.618. The number of pyridine rings is 1. The Hall–Kier alpha value is -0.800. The highest BCUT2D eigenvalue weighted by atomic mass is 35.5. The van der Waals surface area contributed by atoms with E-state index in [1.165, 1.54) is 19.3 Å². The zero-order chi connectivity index (χ0) is 14.3. The molecule has 0 aliphatic heterocycles. The van der Waals surface area contributed by atoms with Crippen LogP contribution in [0, 0.1) is 5.41 Å². The lowest BCUT2D eigenvalue weighted by Gasteiger charge is -2.36. The monoisotopic (exact) mass is 311 g/mol.